The molecule has 1 unspecified atom stereocenters. The quantitative estimate of drug-likeness (QED) is 0.795. The number of sulfonamides is 1. The Kier molecular flexibility index (Phi) is 6.08. The van der Waals surface area contributed by atoms with Crippen LogP contribution in [0.3, 0.4) is 0 Å². The summed E-state index contributed by atoms with van der Waals surface area (Å²) in [6.45, 7) is 5.68. The molecule has 0 bridgehead atoms. The molecule has 0 aliphatic rings. The van der Waals surface area contributed by atoms with Gasteiger partial charge in [-0.1, -0.05) is 30.7 Å². The van der Waals surface area contributed by atoms with Crippen molar-refractivity contribution in [2.75, 3.05) is 4.72 Å². The molecule has 0 aromatic heterocycles. The van der Waals surface area contributed by atoms with E-state index in [0.717, 1.165) is 12.0 Å². The molecular weight excluding hydrogens is 360 g/mol. The summed E-state index contributed by atoms with van der Waals surface area (Å²) >= 11 is 6.07. The summed E-state index contributed by atoms with van der Waals surface area (Å²) in [6.07, 6.45) is 0.760. The zero-order valence-corrected chi connectivity index (χ0v) is 15.9. The number of anilines is 1. The van der Waals surface area contributed by atoms with Crippen LogP contribution in [-0.4, -0.2) is 20.4 Å². The first-order valence-electron chi connectivity index (χ1n) is 7.93. The molecule has 0 heterocycles. The van der Waals surface area contributed by atoms with Gasteiger partial charge in [0.1, 0.15) is 0 Å². The Labute approximate surface area is 153 Å². The van der Waals surface area contributed by atoms with Crippen LogP contribution in [0.15, 0.2) is 47.4 Å². The van der Waals surface area contributed by atoms with E-state index in [2.05, 4.69) is 10.0 Å². The molecule has 0 saturated heterocycles. The van der Waals surface area contributed by atoms with Gasteiger partial charge in [-0.05, 0) is 56.2 Å². The lowest BCUT2D eigenvalue weighted by molar-refractivity contribution is 0.0939. The van der Waals surface area contributed by atoms with E-state index in [9.17, 15) is 13.2 Å². The Morgan fingerprint density at radius 1 is 1.20 bits per heavy atom. The third-order valence-electron chi connectivity index (χ3n) is 3.75. The highest BCUT2D eigenvalue weighted by Gasteiger charge is 2.19. The molecule has 5 nitrogen and oxygen atoms in total. The molecular formula is C18H21ClN2O3S. The van der Waals surface area contributed by atoms with Crippen molar-refractivity contribution in [1.82, 2.24) is 5.32 Å². The van der Waals surface area contributed by atoms with Crippen LogP contribution in [0, 0.1) is 6.92 Å². The number of amides is 1. The SMILES string of the molecule is CCC(C)NC(=O)c1cc(S(=O)(=O)Nc2cccc(C)c2)ccc1Cl. The average molecular weight is 381 g/mol. The van der Waals surface area contributed by atoms with Crippen molar-refractivity contribution in [1.29, 1.82) is 0 Å². The molecule has 25 heavy (non-hydrogen) atoms. The zero-order valence-electron chi connectivity index (χ0n) is 14.3. The number of hydrogen-bond donors (Lipinski definition) is 2. The van der Waals surface area contributed by atoms with E-state index in [0.29, 0.717) is 5.69 Å². The topological polar surface area (TPSA) is 75.3 Å². The lowest BCUT2D eigenvalue weighted by Gasteiger charge is -2.14. The molecule has 0 fully saturated rings. The van der Waals surface area contributed by atoms with E-state index in [1.807, 2.05) is 26.8 Å². The van der Waals surface area contributed by atoms with Crippen molar-refractivity contribution < 1.29 is 13.2 Å². The Morgan fingerprint density at radius 2 is 1.92 bits per heavy atom. The molecule has 0 aliphatic carbocycles. The van der Waals surface area contributed by atoms with E-state index < -0.39 is 15.9 Å². The number of nitrogens with one attached hydrogen (secondary N) is 2. The number of halogens is 1. The van der Waals surface area contributed by atoms with Crippen LogP contribution < -0.4 is 10.0 Å². The van der Waals surface area contributed by atoms with Gasteiger partial charge in [-0.25, -0.2) is 8.42 Å². The Hall–Kier alpha value is -2.05. The number of carbonyl (C=O) groups excluding carboxylic acids is 1. The summed E-state index contributed by atoms with van der Waals surface area (Å²) in [6, 6.07) is 11.1. The molecule has 0 saturated carbocycles. The Morgan fingerprint density at radius 3 is 2.56 bits per heavy atom. The predicted octanol–water partition coefficient (Wildman–Crippen LogP) is 3.98. The minimum atomic E-state index is -3.83. The van der Waals surface area contributed by atoms with E-state index in [1.165, 1.54) is 18.2 Å². The number of rotatable bonds is 6. The van der Waals surface area contributed by atoms with Gasteiger partial charge in [0.05, 0.1) is 15.5 Å². The van der Waals surface area contributed by atoms with E-state index in [-0.39, 0.29) is 21.5 Å². The molecule has 1 atom stereocenters. The Bertz CT molecular complexity index is 882. The summed E-state index contributed by atoms with van der Waals surface area (Å²) in [7, 11) is -3.83. The predicted molar refractivity (Wildman–Crippen MR) is 101 cm³/mol. The van der Waals surface area contributed by atoms with Crippen molar-refractivity contribution in [3.05, 3.63) is 58.6 Å². The van der Waals surface area contributed by atoms with E-state index >= 15 is 0 Å². The summed E-state index contributed by atoms with van der Waals surface area (Å²) in [5.41, 5.74) is 1.53. The minimum absolute atomic E-state index is 0.0206. The summed E-state index contributed by atoms with van der Waals surface area (Å²) in [5, 5.41) is 2.99. The fraction of sp³-hybridized carbons (Fsp3) is 0.278. The molecule has 0 radical (unpaired) electrons. The largest absolute Gasteiger partial charge is 0.350 e. The minimum Gasteiger partial charge on any atom is -0.350 e. The molecule has 0 aliphatic heterocycles. The van der Waals surface area contributed by atoms with Crippen molar-refractivity contribution in [2.24, 2.45) is 0 Å². The smallest absolute Gasteiger partial charge is 0.261 e. The molecule has 2 aromatic rings. The second kappa shape index (κ2) is 7.89. The molecule has 1 amide bonds. The van der Waals surface area contributed by atoms with Crippen molar-refractivity contribution in [3.8, 4) is 0 Å². The third-order valence-corrected chi connectivity index (χ3v) is 5.46. The first-order chi connectivity index (χ1) is 11.7. The molecule has 2 aromatic carbocycles. The van der Waals surface area contributed by atoms with Gasteiger partial charge in [0.15, 0.2) is 0 Å². The lowest BCUT2D eigenvalue weighted by atomic mass is 10.2. The van der Waals surface area contributed by atoms with Crippen LogP contribution in [0.25, 0.3) is 0 Å². The van der Waals surface area contributed by atoms with Crippen LogP contribution in [0.4, 0.5) is 5.69 Å². The maximum Gasteiger partial charge on any atom is 0.261 e. The second-order valence-electron chi connectivity index (χ2n) is 5.90. The van der Waals surface area contributed by atoms with Crippen LogP contribution in [-0.2, 0) is 10.0 Å². The molecule has 7 heteroatoms. The summed E-state index contributed by atoms with van der Waals surface area (Å²) in [4.78, 5) is 12.3. The van der Waals surface area contributed by atoms with Crippen LogP contribution in [0.5, 0.6) is 0 Å². The number of hydrogen-bond acceptors (Lipinski definition) is 3. The standard InChI is InChI=1S/C18H21ClN2O3S/c1-4-13(3)20-18(22)16-11-15(8-9-17(16)19)25(23,24)21-14-7-5-6-12(2)10-14/h5-11,13,21H,4H2,1-3H3,(H,20,22). The first kappa shape index (κ1) is 19.3. The fourth-order valence-electron chi connectivity index (χ4n) is 2.17. The van der Waals surface area contributed by atoms with Gasteiger partial charge < -0.3 is 5.32 Å². The first-order valence-corrected chi connectivity index (χ1v) is 9.79. The van der Waals surface area contributed by atoms with Gasteiger partial charge in [0, 0.05) is 11.7 Å². The van der Waals surface area contributed by atoms with E-state index in [1.54, 1.807) is 18.2 Å². The summed E-state index contributed by atoms with van der Waals surface area (Å²) < 4.78 is 27.7. The van der Waals surface area contributed by atoms with Gasteiger partial charge in [-0.15, -0.1) is 0 Å². The maximum atomic E-state index is 12.6. The van der Waals surface area contributed by atoms with Gasteiger partial charge in [-0.2, -0.15) is 0 Å². The second-order valence-corrected chi connectivity index (χ2v) is 7.99. The normalized spacial score (nSPS) is 12.5. The molecule has 0 spiro atoms. The van der Waals surface area contributed by atoms with Gasteiger partial charge in [0.2, 0.25) is 0 Å². The average Bonchev–Trinajstić information content (AvgIpc) is 2.54. The van der Waals surface area contributed by atoms with E-state index in [4.69, 9.17) is 11.6 Å². The Balaban J connectivity index is 2.32. The highest BCUT2D eigenvalue weighted by atomic mass is 35.5. The highest BCUT2D eigenvalue weighted by Crippen LogP contribution is 2.23. The van der Waals surface area contributed by atoms with Crippen LogP contribution in [0.2, 0.25) is 5.02 Å². The van der Waals surface area contributed by atoms with Gasteiger partial charge in [0.25, 0.3) is 15.9 Å². The number of aryl methyl sites for hydroxylation is 1. The summed E-state index contributed by atoms with van der Waals surface area (Å²) in [5.74, 6) is -0.396. The maximum absolute atomic E-state index is 12.6. The zero-order chi connectivity index (χ0) is 18.6. The fourth-order valence-corrected chi connectivity index (χ4v) is 3.45. The van der Waals surface area contributed by atoms with Crippen LogP contribution in [0.1, 0.15) is 36.2 Å². The highest BCUT2D eigenvalue weighted by molar-refractivity contribution is 7.92. The molecule has 2 N–H and O–H groups in total. The number of benzene rings is 2. The molecule has 134 valence electrons. The van der Waals surface area contributed by atoms with Crippen molar-refractivity contribution in [3.63, 3.8) is 0 Å². The lowest BCUT2D eigenvalue weighted by Crippen LogP contribution is -2.32. The third kappa shape index (κ3) is 4.96. The monoisotopic (exact) mass is 380 g/mol. The van der Waals surface area contributed by atoms with Crippen molar-refractivity contribution in [2.45, 2.75) is 38.1 Å². The van der Waals surface area contributed by atoms with Gasteiger partial charge >= 0.3 is 0 Å². The van der Waals surface area contributed by atoms with Crippen LogP contribution >= 0.6 is 11.6 Å². The molecule has 2 rings (SSSR count). The van der Waals surface area contributed by atoms with Gasteiger partial charge in [-0.3, -0.25) is 9.52 Å². The van der Waals surface area contributed by atoms with Crippen molar-refractivity contribution >= 4 is 33.2 Å². The number of carbonyl (C=O) groups is 1.